The zero-order valence-electron chi connectivity index (χ0n) is 7.45. The van der Waals surface area contributed by atoms with Gasteiger partial charge in [-0.25, -0.2) is 0 Å². The van der Waals surface area contributed by atoms with Gasteiger partial charge >= 0.3 is 0 Å². The summed E-state index contributed by atoms with van der Waals surface area (Å²) < 4.78 is 0. The normalized spacial score (nSPS) is 19.2. The van der Waals surface area contributed by atoms with Gasteiger partial charge in [-0.2, -0.15) is 0 Å². The van der Waals surface area contributed by atoms with Crippen molar-refractivity contribution in [3.8, 4) is 0 Å². The van der Waals surface area contributed by atoms with Gasteiger partial charge in [-0.15, -0.1) is 0 Å². The molecule has 0 aliphatic carbocycles. The van der Waals surface area contributed by atoms with Gasteiger partial charge in [0.15, 0.2) is 0 Å². The van der Waals surface area contributed by atoms with Gasteiger partial charge in [-0.05, 0) is 12.8 Å². The first-order chi connectivity index (χ1) is 5.77. The maximum Gasteiger partial charge on any atom is 0.209 e. The summed E-state index contributed by atoms with van der Waals surface area (Å²) >= 11 is 0. The molecule has 3 heteroatoms. The fourth-order valence-electron chi connectivity index (χ4n) is 1.62. The van der Waals surface area contributed by atoms with Crippen molar-refractivity contribution < 1.29 is 9.59 Å². The smallest absolute Gasteiger partial charge is 0.209 e. The van der Waals surface area contributed by atoms with Crippen molar-refractivity contribution in [2.45, 2.75) is 26.2 Å². The van der Waals surface area contributed by atoms with Crippen molar-refractivity contribution in [3.05, 3.63) is 0 Å². The number of ketones is 1. The predicted molar refractivity (Wildman–Crippen MR) is 45.7 cm³/mol. The zero-order chi connectivity index (χ0) is 8.97. The Balaban J connectivity index is 2.35. The van der Waals surface area contributed by atoms with Crippen molar-refractivity contribution in [3.63, 3.8) is 0 Å². The molecule has 1 aliphatic rings. The lowest BCUT2D eigenvalue weighted by atomic mass is 9.92. The second-order valence-corrected chi connectivity index (χ2v) is 3.24. The van der Waals surface area contributed by atoms with Crippen LogP contribution in [0.15, 0.2) is 0 Å². The van der Waals surface area contributed by atoms with Gasteiger partial charge < -0.3 is 4.90 Å². The van der Waals surface area contributed by atoms with Crippen LogP contribution in [0.4, 0.5) is 0 Å². The van der Waals surface area contributed by atoms with Crippen molar-refractivity contribution in [1.29, 1.82) is 0 Å². The van der Waals surface area contributed by atoms with E-state index in [-0.39, 0.29) is 5.92 Å². The summed E-state index contributed by atoms with van der Waals surface area (Å²) in [6, 6.07) is 0. The molecule has 0 unspecified atom stereocenters. The molecule has 0 aromatic rings. The van der Waals surface area contributed by atoms with Crippen LogP contribution in [0.1, 0.15) is 26.2 Å². The summed E-state index contributed by atoms with van der Waals surface area (Å²) in [6.45, 7) is 3.40. The molecule has 0 atom stereocenters. The van der Waals surface area contributed by atoms with Gasteiger partial charge in [0.05, 0.1) is 0 Å². The number of piperidine rings is 1. The molecule has 1 fully saturated rings. The fraction of sp³-hybridized carbons (Fsp3) is 0.778. The van der Waals surface area contributed by atoms with Crippen LogP contribution in [0.25, 0.3) is 0 Å². The molecule has 0 bridgehead atoms. The molecule has 1 aliphatic heterocycles. The molecule has 0 saturated carbocycles. The molecule has 0 spiro atoms. The third kappa shape index (κ3) is 2.06. The molecule has 1 heterocycles. The van der Waals surface area contributed by atoms with Gasteiger partial charge in [0.2, 0.25) is 6.41 Å². The molecule has 0 aromatic carbocycles. The van der Waals surface area contributed by atoms with E-state index in [1.807, 2.05) is 6.92 Å². The number of likely N-dealkylation sites (tertiary alicyclic amines) is 1. The van der Waals surface area contributed by atoms with Crippen molar-refractivity contribution in [2.24, 2.45) is 5.92 Å². The summed E-state index contributed by atoms with van der Waals surface area (Å²) in [7, 11) is 0. The summed E-state index contributed by atoms with van der Waals surface area (Å²) in [5, 5.41) is 0. The minimum atomic E-state index is 0.214. The molecule has 1 rings (SSSR count). The number of carbonyl (C=O) groups excluding carboxylic acids is 2. The Hall–Kier alpha value is -0.860. The lowest BCUT2D eigenvalue weighted by molar-refractivity contribution is -0.127. The van der Waals surface area contributed by atoms with E-state index >= 15 is 0 Å². The number of carbonyl (C=O) groups is 2. The van der Waals surface area contributed by atoms with Gasteiger partial charge in [0, 0.05) is 25.4 Å². The molecule has 0 radical (unpaired) electrons. The van der Waals surface area contributed by atoms with Crippen LogP contribution in [0.3, 0.4) is 0 Å². The third-order valence-corrected chi connectivity index (χ3v) is 2.48. The van der Waals surface area contributed by atoms with Crippen LogP contribution in [0, 0.1) is 5.92 Å². The summed E-state index contributed by atoms with van der Waals surface area (Å²) in [6.07, 6.45) is 3.20. The van der Waals surface area contributed by atoms with Gasteiger partial charge in [-0.3, -0.25) is 9.59 Å². The molecular weight excluding hydrogens is 154 g/mol. The fourth-order valence-corrected chi connectivity index (χ4v) is 1.62. The zero-order valence-corrected chi connectivity index (χ0v) is 7.45. The highest BCUT2D eigenvalue weighted by molar-refractivity contribution is 5.80. The van der Waals surface area contributed by atoms with E-state index in [9.17, 15) is 9.59 Å². The monoisotopic (exact) mass is 169 g/mol. The van der Waals surface area contributed by atoms with Gasteiger partial charge in [0.1, 0.15) is 5.78 Å². The van der Waals surface area contributed by atoms with Gasteiger partial charge in [-0.1, -0.05) is 6.92 Å². The maximum absolute atomic E-state index is 11.3. The number of nitrogens with zero attached hydrogens (tertiary/aromatic N) is 1. The van der Waals surface area contributed by atoms with Crippen molar-refractivity contribution in [2.75, 3.05) is 13.1 Å². The first-order valence-electron chi connectivity index (χ1n) is 4.50. The molecule has 0 aromatic heterocycles. The molecule has 3 nitrogen and oxygen atoms in total. The molecule has 0 N–H and O–H groups in total. The average molecular weight is 169 g/mol. The Morgan fingerprint density at radius 3 is 2.50 bits per heavy atom. The Bertz CT molecular complexity index is 171. The van der Waals surface area contributed by atoms with Crippen molar-refractivity contribution in [1.82, 2.24) is 4.90 Å². The number of amides is 1. The topological polar surface area (TPSA) is 37.4 Å². The number of rotatable bonds is 3. The molecule has 1 amide bonds. The second kappa shape index (κ2) is 4.24. The van der Waals surface area contributed by atoms with Crippen LogP contribution in [-0.2, 0) is 9.59 Å². The maximum atomic E-state index is 11.3. The number of hydrogen-bond donors (Lipinski definition) is 0. The molecule has 68 valence electrons. The SMILES string of the molecule is CCC(=O)C1CCN(C=O)CC1. The lowest BCUT2D eigenvalue weighted by Gasteiger charge is -2.27. The Labute approximate surface area is 72.7 Å². The molecule has 1 saturated heterocycles. The van der Waals surface area contributed by atoms with E-state index in [1.54, 1.807) is 4.90 Å². The minimum absolute atomic E-state index is 0.214. The Morgan fingerprint density at radius 1 is 1.50 bits per heavy atom. The predicted octanol–water partition coefficient (Wildman–Crippen LogP) is 0.834. The van der Waals surface area contributed by atoms with E-state index in [0.29, 0.717) is 12.2 Å². The van der Waals surface area contributed by atoms with Crippen LogP contribution in [-0.4, -0.2) is 30.2 Å². The van der Waals surface area contributed by atoms with E-state index in [1.165, 1.54) is 0 Å². The average Bonchev–Trinajstić information content (AvgIpc) is 2.17. The largest absolute Gasteiger partial charge is 0.345 e. The highest BCUT2D eigenvalue weighted by Crippen LogP contribution is 2.17. The first kappa shape index (κ1) is 9.23. The van der Waals surface area contributed by atoms with E-state index < -0.39 is 0 Å². The highest BCUT2D eigenvalue weighted by atomic mass is 16.1. The number of Topliss-reactive ketones (excluding diaryl/α,β-unsaturated/α-hetero) is 1. The quantitative estimate of drug-likeness (QED) is 0.587. The van der Waals surface area contributed by atoms with Crippen molar-refractivity contribution >= 4 is 12.2 Å². The van der Waals surface area contributed by atoms with Crippen LogP contribution in [0.5, 0.6) is 0 Å². The van der Waals surface area contributed by atoms with E-state index in [0.717, 1.165) is 32.3 Å². The van der Waals surface area contributed by atoms with Crippen LogP contribution in [0.2, 0.25) is 0 Å². The van der Waals surface area contributed by atoms with Gasteiger partial charge in [0.25, 0.3) is 0 Å². The minimum Gasteiger partial charge on any atom is -0.345 e. The van der Waals surface area contributed by atoms with Crippen LogP contribution < -0.4 is 0 Å². The van der Waals surface area contributed by atoms with E-state index in [4.69, 9.17) is 0 Å². The molecular formula is C9H15NO2. The van der Waals surface area contributed by atoms with E-state index in [2.05, 4.69) is 0 Å². The summed E-state index contributed by atoms with van der Waals surface area (Å²) in [5.41, 5.74) is 0. The number of hydrogen-bond acceptors (Lipinski definition) is 2. The highest BCUT2D eigenvalue weighted by Gasteiger charge is 2.22. The Morgan fingerprint density at radius 2 is 2.08 bits per heavy atom. The van der Waals surface area contributed by atoms with Crippen LogP contribution >= 0.6 is 0 Å². The summed E-state index contributed by atoms with van der Waals surface area (Å²) in [5.74, 6) is 0.562. The summed E-state index contributed by atoms with van der Waals surface area (Å²) in [4.78, 5) is 23.3. The Kier molecular flexibility index (Phi) is 3.26. The second-order valence-electron chi connectivity index (χ2n) is 3.24. The third-order valence-electron chi connectivity index (χ3n) is 2.48. The lowest BCUT2D eigenvalue weighted by Crippen LogP contribution is -2.35. The first-order valence-corrected chi connectivity index (χ1v) is 4.50. The standard InChI is InChI=1S/C9H15NO2/c1-2-9(12)8-3-5-10(7-11)6-4-8/h7-8H,2-6H2,1H3. The molecule has 12 heavy (non-hydrogen) atoms.